The van der Waals surface area contributed by atoms with Gasteiger partial charge in [-0.05, 0) is 66.7 Å². The molecule has 10 aromatic rings. The van der Waals surface area contributed by atoms with Gasteiger partial charge in [0.1, 0.15) is 0 Å². The number of para-hydroxylation sites is 3. The first kappa shape index (κ1) is 27.5. The highest BCUT2D eigenvalue weighted by atomic mass is 32.1. The highest BCUT2D eigenvalue weighted by molar-refractivity contribution is 7.26. The topological polar surface area (TPSA) is 57.4 Å². The normalized spacial score (nSPS) is 11.6. The standard InChI is InChI=1S/C44H24N4S/c45-25-27-17-20-39-34(23-27)31-11-3-7-15-38(31)47(39)36-13-5-1-9-29(36)30-10-2-6-14-37(30)48-40-21-18-28(26-46)24-35(40)43-41(48)22-19-33-32-12-4-8-16-42(32)49-44(33)43/h1-24H. The van der Waals surface area contributed by atoms with Gasteiger partial charge in [-0.1, -0.05) is 78.9 Å². The van der Waals surface area contributed by atoms with E-state index in [1.165, 1.54) is 25.6 Å². The minimum atomic E-state index is 0.646. The zero-order valence-electron chi connectivity index (χ0n) is 26.1. The first-order valence-electron chi connectivity index (χ1n) is 16.1. The fourth-order valence-corrected chi connectivity index (χ4v) is 8.97. The van der Waals surface area contributed by atoms with Crippen molar-refractivity contribution < 1.29 is 0 Å². The van der Waals surface area contributed by atoms with Crippen molar-refractivity contribution in [1.82, 2.24) is 9.13 Å². The Balaban J connectivity index is 1.30. The molecule has 7 aromatic carbocycles. The second kappa shape index (κ2) is 10.4. The maximum absolute atomic E-state index is 9.94. The summed E-state index contributed by atoms with van der Waals surface area (Å²) in [5.41, 5.74) is 9.91. The molecule has 0 saturated heterocycles. The van der Waals surface area contributed by atoms with E-state index in [2.05, 4.69) is 143 Å². The van der Waals surface area contributed by atoms with E-state index in [4.69, 9.17) is 0 Å². The van der Waals surface area contributed by atoms with E-state index >= 15 is 0 Å². The van der Waals surface area contributed by atoms with Crippen molar-refractivity contribution in [1.29, 1.82) is 10.5 Å². The number of hydrogen-bond acceptors (Lipinski definition) is 3. The lowest BCUT2D eigenvalue weighted by Gasteiger charge is -2.18. The van der Waals surface area contributed by atoms with Crippen LogP contribution in [0.5, 0.6) is 0 Å². The Hall–Kier alpha value is -6.66. The molecule has 0 fully saturated rings. The zero-order valence-corrected chi connectivity index (χ0v) is 26.9. The molecule has 3 aromatic heterocycles. The van der Waals surface area contributed by atoms with Crippen molar-refractivity contribution in [2.45, 2.75) is 0 Å². The SMILES string of the molecule is N#Cc1ccc2c(c1)c1ccccc1n2-c1ccccc1-c1ccccc1-n1c2ccc(C#N)cc2c2c3sc4ccccc4c3ccc21. The molecule has 0 bridgehead atoms. The molecule has 0 spiro atoms. The summed E-state index contributed by atoms with van der Waals surface area (Å²) in [6.45, 7) is 0. The number of thiophene rings is 1. The number of benzene rings is 7. The van der Waals surface area contributed by atoms with Crippen molar-refractivity contribution in [2.75, 3.05) is 0 Å². The summed E-state index contributed by atoms with van der Waals surface area (Å²) in [5, 5.41) is 26.6. The molecule has 226 valence electrons. The van der Waals surface area contributed by atoms with E-state index < -0.39 is 0 Å². The minimum absolute atomic E-state index is 0.646. The predicted octanol–water partition coefficient (Wildman–Crippen LogP) is 11.7. The van der Waals surface area contributed by atoms with Gasteiger partial charge in [-0.2, -0.15) is 10.5 Å². The van der Waals surface area contributed by atoms with Gasteiger partial charge in [-0.25, -0.2) is 0 Å². The molecule has 10 rings (SSSR count). The molecule has 0 saturated carbocycles. The van der Waals surface area contributed by atoms with Gasteiger partial charge in [0.2, 0.25) is 0 Å². The lowest BCUT2D eigenvalue weighted by Crippen LogP contribution is -2.01. The Morgan fingerprint density at radius 1 is 0.429 bits per heavy atom. The van der Waals surface area contributed by atoms with Gasteiger partial charge in [0.25, 0.3) is 0 Å². The van der Waals surface area contributed by atoms with Crippen LogP contribution in [0.25, 0.3) is 86.3 Å². The third-order valence-electron chi connectivity index (χ3n) is 9.78. The second-order valence-corrected chi connectivity index (χ2v) is 13.4. The van der Waals surface area contributed by atoms with Crippen LogP contribution >= 0.6 is 11.3 Å². The summed E-state index contributed by atoms with van der Waals surface area (Å²) in [7, 11) is 0. The maximum Gasteiger partial charge on any atom is 0.0991 e. The van der Waals surface area contributed by atoms with Gasteiger partial charge in [-0.3, -0.25) is 0 Å². The number of nitrogens with zero attached hydrogens (tertiary/aromatic N) is 4. The molecule has 0 N–H and O–H groups in total. The van der Waals surface area contributed by atoms with Crippen molar-refractivity contribution in [3.8, 4) is 34.6 Å². The van der Waals surface area contributed by atoms with E-state index in [0.717, 1.165) is 60.7 Å². The molecule has 0 aliphatic carbocycles. The average Bonchev–Trinajstić information content (AvgIpc) is 3.81. The molecule has 0 aliphatic rings. The molecular formula is C44H24N4S. The fraction of sp³-hybridized carbons (Fsp3) is 0. The molecule has 49 heavy (non-hydrogen) atoms. The Bertz CT molecular complexity index is 3090. The molecular weight excluding hydrogens is 617 g/mol. The molecule has 5 heteroatoms. The van der Waals surface area contributed by atoms with E-state index in [1.54, 1.807) is 0 Å². The average molecular weight is 641 g/mol. The number of nitriles is 2. The van der Waals surface area contributed by atoms with Gasteiger partial charge in [0.15, 0.2) is 0 Å². The Labute approximate surface area is 285 Å². The van der Waals surface area contributed by atoms with Crippen molar-refractivity contribution >= 4 is 75.1 Å². The van der Waals surface area contributed by atoms with Crippen LogP contribution in [0, 0.1) is 22.7 Å². The second-order valence-electron chi connectivity index (χ2n) is 12.3. The van der Waals surface area contributed by atoms with E-state index in [-0.39, 0.29) is 0 Å². The molecule has 0 aliphatic heterocycles. The van der Waals surface area contributed by atoms with Crippen LogP contribution in [0.4, 0.5) is 0 Å². The Kier molecular flexibility index (Phi) is 5.84. The van der Waals surface area contributed by atoms with Crippen LogP contribution in [0.1, 0.15) is 11.1 Å². The van der Waals surface area contributed by atoms with Crippen LogP contribution < -0.4 is 0 Å². The highest BCUT2D eigenvalue weighted by Crippen LogP contribution is 2.45. The van der Waals surface area contributed by atoms with Gasteiger partial charge in [-0.15, -0.1) is 11.3 Å². The number of rotatable bonds is 3. The molecule has 0 unspecified atom stereocenters. The summed E-state index contributed by atoms with van der Waals surface area (Å²) >= 11 is 1.81. The highest BCUT2D eigenvalue weighted by Gasteiger charge is 2.22. The van der Waals surface area contributed by atoms with Crippen LogP contribution in [-0.2, 0) is 0 Å². The summed E-state index contributed by atoms with van der Waals surface area (Å²) in [6.07, 6.45) is 0. The van der Waals surface area contributed by atoms with Gasteiger partial charge >= 0.3 is 0 Å². The van der Waals surface area contributed by atoms with Crippen LogP contribution in [0.3, 0.4) is 0 Å². The summed E-state index contributed by atoms with van der Waals surface area (Å²) in [6, 6.07) is 55.4. The summed E-state index contributed by atoms with van der Waals surface area (Å²) in [5.74, 6) is 0. The monoisotopic (exact) mass is 640 g/mol. The molecule has 0 radical (unpaired) electrons. The van der Waals surface area contributed by atoms with Gasteiger partial charge in [0, 0.05) is 52.8 Å². The maximum atomic E-state index is 9.94. The fourth-order valence-electron chi connectivity index (χ4n) is 7.71. The number of aromatic nitrogens is 2. The Morgan fingerprint density at radius 3 is 1.67 bits per heavy atom. The molecule has 0 amide bonds. The van der Waals surface area contributed by atoms with Gasteiger partial charge in [0.05, 0.1) is 56.7 Å². The largest absolute Gasteiger partial charge is 0.309 e. The molecule has 0 atom stereocenters. The van der Waals surface area contributed by atoms with Gasteiger partial charge < -0.3 is 9.13 Å². The summed E-state index contributed by atoms with van der Waals surface area (Å²) in [4.78, 5) is 0. The Morgan fingerprint density at radius 2 is 0.959 bits per heavy atom. The first-order chi connectivity index (χ1) is 24.2. The zero-order chi connectivity index (χ0) is 32.6. The van der Waals surface area contributed by atoms with Crippen molar-refractivity contribution in [2.24, 2.45) is 0 Å². The van der Waals surface area contributed by atoms with E-state index in [9.17, 15) is 10.5 Å². The summed E-state index contributed by atoms with van der Waals surface area (Å²) < 4.78 is 7.18. The quantitative estimate of drug-likeness (QED) is 0.193. The first-order valence-corrected chi connectivity index (χ1v) is 17.0. The van der Waals surface area contributed by atoms with E-state index in [1.807, 2.05) is 35.6 Å². The lowest BCUT2D eigenvalue weighted by molar-refractivity contribution is 1.16. The minimum Gasteiger partial charge on any atom is -0.309 e. The third kappa shape index (κ3) is 3.88. The van der Waals surface area contributed by atoms with E-state index in [0.29, 0.717) is 11.1 Å². The number of fused-ring (bicyclic) bond motifs is 10. The third-order valence-corrected chi connectivity index (χ3v) is 11.0. The van der Waals surface area contributed by atoms with Crippen LogP contribution in [0.2, 0.25) is 0 Å². The van der Waals surface area contributed by atoms with Crippen molar-refractivity contribution in [3.05, 3.63) is 157 Å². The smallest absolute Gasteiger partial charge is 0.0991 e. The van der Waals surface area contributed by atoms with Crippen LogP contribution in [0.15, 0.2) is 146 Å². The number of hydrogen-bond donors (Lipinski definition) is 0. The lowest BCUT2D eigenvalue weighted by atomic mass is 10.0. The molecule has 3 heterocycles. The predicted molar refractivity (Wildman–Crippen MR) is 203 cm³/mol. The van der Waals surface area contributed by atoms with Crippen molar-refractivity contribution in [3.63, 3.8) is 0 Å². The van der Waals surface area contributed by atoms with Crippen LogP contribution in [-0.4, -0.2) is 9.13 Å². The molecule has 4 nitrogen and oxygen atoms in total.